The number of epoxide rings is 1. The highest BCUT2D eigenvalue weighted by atomic mass is 16.8. The number of allylic oxidation sites excluding steroid dienone is 1. The van der Waals surface area contributed by atoms with Crippen molar-refractivity contribution in [1.82, 2.24) is 10.6 Å². The van der Waals surface area contributed by atoms with Crippen LogP contribution in [0.1, 0.15) is 123 Å². The van der Waals surface area contributed by atoms with Crippen LogP contribution in [0, 0.1) is 5.92 Å². The van der Waals surface area contributed by atoms with Crippen LogP contribution in [-0.4, -0.2) is 72.3 Å². The lowest BCUT2D eigenvalue weighted by Crippen LogP contribution is -2.43. The van der Waals surface area contributed by atoms with E-state index in [1.165, 1.54) is 0 Å². The summed E-state index contributed by atoms with van der Waals surface area (Å²) in [5, 5.41) is 14.7. The molecule has 3 N–H and O–H groups in total. The van der Waals surface area contributed by atoms with Crippen LogP contribution in [0.5, 0.6) is 0 Å². The summed E-state index contributed by atoms with van der Waals surface area (Å²) >= 11 is 0. The van der Waals surface area contributed by atoms with Crippen molar-refractivity contribution in [3.05, 3.63) is 88.5 Å². The van der Waals surface area contributed by atoms with Gasteiger partial charge in [-0.05, 0) is 79.5 Å². The van der Waals surface area contributed by atoms with E-state index in [1.807, 2.05) is 30.3 Å². The number of ether oxygens (including phenoxy) is 4. The van der Waals surface area contributed by atoms with Crippen molar-refractivity contribution in [2.24, 2.45) is 5.92 Å². The zero-order chi connectivity index (χ0) is 37.2. The van der Waals surface area contributed by atoms with Gasteiger partial charge in [-0.1, -0.05) is 75.9 Å². The van der Waals surface area contributed by atoms with Gasteiger partial charge in [0, 0.05) is 43.5 Å². The molecule has 0 spiro atoms. The first-order valence-corrected chi connectivity index (χ1v) is 19.8. The molecule has 1 saturated carbocycles. The molecule has 2 amide bonds. The van der Waals surface area contributed by atoms with E-state index < -0.39 is 30.1 Å². The third-order valence-electron chi connectivity index (χ3n) is 10.8. The Labute approximate surface area is 313 Å². The van der Waals surface area contributed by atoms with E-state index in [9.17, 15) is 14.4 Å². The number of aliphatic hydroxyl groups is 1. The minimum atomic E-state index is -0.806. The fraction of sp³-hybridized carbons (Fsp3) is 0.558. The molecular formula is C43H56N2O8. The summed E-state index contributed by atoms with van der Waals surface area (Å²) in [4.78, 5) is 40.0. The Morgan fingerprint density at radius 1 is 0.906 bits per heavy atom. The number of carbonyl (C=O) groups excluding carboxylic acids is 3. The Bertz CT molecular complexity index is 1630. The van der Waals surface area contributed by atoms with Gasteiger partial charge in [0.05, 0.1) is 24.4 Å². The molecule has 2 aromatic carbocycles. The van der Waals surface area contributed by atoms with Crippen LogP contribution in [-0.2, 0) is 30.3 Å². The maximum atomic E-state index is 13.8. The van der Waals surface area contributed by atoms with E-state index in [4.69, 9.17) is 24.1 Å². The molecule has 6 unspecified atom stereocenters. The fourth-order valence-corrected chi connectivity index (χ4v) is 7.82. The number of rotatable bonds is 18. The highest BCUT2D eigenvalue weighted by Crippen LogP contribution is 2.43. The summed E-state index contributed by atoms with van der Waals surface area (Å²) in [6, 6.07) is 14.5. The van der Waals surface area contributed by atoms with Gasteiger partial charge >= 0.3 is 5.97 Å². The summed E-state index contributed by atoms with van der Waals surface area (Å²) < 4.78 is 25.5. The molecular weight excluding hydrogens is 672 g/mol. The second kappa shape index (κ2) is 18.5. The van der Waals surface area contributed by atoms with Gasteiger partial charge in [-0.15, -0.1) is 0 Å². The average molecular weight is 729 g/mol. The van der Waals surface area contributed by atoms with E-state index in [0.29, 0.717) is 34.8 Å². The Hall–Kier alpha value is -3.83. The number of benzene rings is 2. The van der Waals surface area contributed by atoms with Gasteiger partial charge < -0.3 is 34.7 Å². The zero-order valence-corrected chi connectivity index (χ0v) is 31.2. The first kappa shape index (κ1) is 38.9. The Morgan fingerprint density at radius 2 is 1.68 bits per heavy atom. The van der Waals surface area contributed by atoms with Gasteiger partial charge in [-0.2, -0.15) is 0 Å². The SMILES string of the molecule is CCCCCC1(CCCCC)OC2C=C(C(=O)NCc3cccc(C(=O)NCCO)c3)CC(OC(=O)c3cccc(C=CC4CCC5OC5C4)c3)C2O1. The van der Waals surface area contributed by atoms with E-state index in [1.54, 1.807) is 24.3 Å². The summed E-state index contributed by atoms with van der Waals surface area (Å²) in [6.07, 6.45) is 16.3. The molecule has 0 radical (unpaired) electrons. The van der Waals surface area contributed by atoms with Crippen molar-refractivity contribution in [2.45, 2.75) is 134 Å². The Morgan fingerprint density at radius 3 is 2.43 bits per heavy atom. The van der Waals surface area contributed by atoms with Crippen LogP contribution in [0.4, 0.5) is 0 Å². The third kappa shape index (κ3) is 10.4. The van der Waals surface area contributed by atoms with Crippen molar-refractivity contribution >= 4 is 23.9 Å². The van der Waals surface area contributed by atoms with Gasteiger partial charge in [0.15, 0.2) is 5.79 Å². The molecule has 4 aliphatic rings. The smallest absolute Gasteiger partial charge is 0.338 e. The quantitative estimate of drug-likeness (QED) is 0.0867. The van der Waals surface area contributed by atoms with Crippen LogP contribution in [0.3, 0.4) is 0 Å². The minimum Gasteiger partial charge on any atom is -0.456 e. The van der Waals surface area contributed by atoms with E-state index in [-0.39, 0.29) is 37.9 Å². The Kier molecular flexibility index (Phi) is 13.6. The highest BCUT2D eigenvalue weighted by molar-refractivity contribution is 5.95. The number of hydrogen-bond donors (Lipinski definition) is 3. The largest absolute Gasteiger partial charge is 0.456 e. The van der Waals surface area contributed by atoms with Crippen LogP contribution in [0.25, 0.3) is 6.08 Å². The van der Waals surface area contributed by atoms with Crippen molar-refractivity contribution in [2.75, 3.05) is 13.2 Å². The molecule has 286 valence electrons. The molecule has 6 rings (SSSR count). The standard InChI is InChI=1S/C43H56N2O8/c1-3-5-7-19-43(20-8-6-4-2)52-38-27-34(41(48)45-28-31-12-10-13-32(24-31)40(47)44-21-22-46)26-37(39(38)53-43)51-42(49)33-14-9-11-29(23-33)15-16-30-17-18-35-36(25-30)50-35/h9-16,23-24,27,30,35-39,46H,3-8,17-22,25-26,28H2,1-2H3,(H,44,47)(H,45,48). The van der Waals surface area contributed by atoms with Gasteiger partial charge in [-0.3, -0.25) is 9.59 Å². The summed E-state index contributed by atoms with van der Waals surface area (Å²) in [5.41, 5.74) is 3.03. The summed E-state index contributed by atoms with van der Waals surface area (Å²) in [5.74, 6) is -1.39. The molecule has 6 atom stereocenters. The lowest BCUT2D eigenvalue weighted by Gasteiger charge is -2.31. The second-order valence-electron chi connectivity index (χ2n) is 15.0. The minimum absolute atomic E-state index is 0.149. The number of hydrogen-bond acceptors (Lipinski definition) is 8. The molecule has 10 nitrogen and oxygen atoms in total. The van der Waals surface area contributed by atoms with E-state index in [0.717, 1.165) is 81.8 Å². The van der Waals surface area contributed by atoms with Gasteiger partial charge in [0.1, 0.15) is 18.3 Å². The maximum absolute atomic E-state index is 13.8. The molecule has 0 bridgehead atoms. The molecule has 53 heavy (non-hydrogen) atoms. The number of esters is 1. The van der Waals surface area contributed by atoms with E-state index >= 15 is 0 Å². The molecule has 2 aliphatic heterocycles. The third-order valence-corrected chi connectivity index (χ3v) is 10.8. The first-order chi connectivity index (χ1) is 25.8. The van der Waals surface area contributed by atoms with Crippen LogP contribution < -0.4 is 10.6 Å². The monoisotopic (exact) mass is 728 g/mol. The lowest BCUT2D eigenvalue weighted by molar-refractivity contribution is -0.190. The highest BCUT2D eigenvalue weighted by Gasteiger charge is 2.52. The van der Waals surface area contributed by atoms with Gasteiger partial charge in [0.2, 0.25) is 5.91 Å². The van der Waals surface area contributed by atoms with Crippen molar-refractivity contribution in [3.8, 4) is 0 Å². The molecule has 2 heterocycles. The number of carbonyl (C=O) groups is 3. The van der Waals surface area contributed by atoms with Crippen molar-refractivity contribution < 1.29 is 38.4 Å². The maximum Gasteiger partial charge on any atom is 0.338 e. The molecule has 0 aromatic heterocycles. The number of amides is 2. The lowest BCUT2D eigenvalue weighted by atomic mass is 9.88. The predicted molar refractivity (Wildman–Crippen MR) is 202 cm³/mol. The Balaban J connectivity index is 1.17. The molecule has 10 heteroatoms. The predicted octanol–water partition coefficient (Wildman–Crippen LogP) is 6.80. The molecule has 3 fully saturated rings. The fourth-order valence-electron chi connectivity index (χ4n) is 7.82. The number of fused-ring (bicyclic) bond motifs is 2. The first-order valence-electron chi connectivity index (χ1n) is 19.8. The van der Waals surface area contributed by atoms with Crippen molar-refractivity contribution in [3.63, 3.8) is 0 Å². The van der Waals surface area contributed by atoms with E-state index in [2.05, 4.69) is 36.6 Å². The number of unbranched alkanes of at least 4 members (excludes halogenated alkanes) is 4. The van der Waals surface area contributed by atoms with Crippen LogP contribution in [0.2, 0.25) is 0 Å². The molecule has 2 saturated heterocycles. The molecule has 2 aliphatic carbocycles. The second-order valence-corrected chi connectivity index (χ2v) is 15.0. The topological polar surface area (TPSA) is 136 Å². The van der Waals surface area contributed by atoms with Crippen LogP contribution in [0.15, 0.2) is 66.3 Å². The van der Waals surface area contributed by atoms with Gasteiger partial charge in [0.25, 0.3) is 5.91 Å². The normalized spacial score (nSPS) is 25.6. The molecule has 2 aromatic rings. The number of aliphatic hydroxyl groups excluding tert-OH is 1. The van der Waals surface area contributed by atoms with Crippen molar-refractivity contribution in [1.29, 1.82) is 0 Å². The average Bonchev–Trinajstić information content (AvgIpc) is 3.86. The summed E-state index contributed by atoms with van der Waals surface area (Å²) in [7, 11) is 0. The van der Waals surface area contributed by atoms with Gasteiger partial charge in [-0.25, -0.2) is 4.79 Å². The zero-order valence-electron chi connectivity index (χ0n) is 31.2. The number of nitrogens with one attached hydrogen (secondary N) is 2. The van der Waals surface area contributed by atoms with Crippen LogP contribution >= 0.6 is 0 Å². The summed E-state index contributed by atoms with van der Waals surface area (Å²) in [6.45, 7) is 4.54.